The maximum atomic E-state index is 12.7. The van der Waals surface area contributed by atoms with E-state index < -0.39 is 23.8 Å². The summed E-state index contributed by atoms with van der Waals surface area (Å²) < 4.78 is 49.2. The van der Waals surface area contributed by atoms with Gasteiger partial charge in [0.1, 0.15) is 19.3 Å². The number of carbonyl (C=O) groups excluding carboxylic acids is 1. The third kappa shape index (κ3) is 2.66. The molecule has 1 fully saturated rings. The molecule has 26 heavy (non-hydrogen) atoms. The lowest BCUT2D eigenvalue weighted by Crippen LogP contribution is -2.63. The first-order valence-electron chi connectivity index (χ1n) is 8.02. The van der Waals surface area contributed by atoms with E-state index in [1.165, 1.54) is 17.0 Å². The highest BCUT2D eigenvalue weighted by Crippen LogP contribution is 2.42. The Labute approximate surface area is 147 Å². The minimum atomic E-state index is -4.41. The Morgan fingerprint density at radius 1 is 1.00 bits per heavy atom. The van der Waals surface area contributed by atoms with E-state index in [-0.39, 0.29) is 5.91 Å². The molecule has 0 aromatic heterocycles. The van der Waals surface area contributed by atoms with Crippen molar-refractivity contribution < 1.29 is 27.4 Å². The predicted octanol–water partition coefficient (Wildman–Crippen LogP) is 2.89. The van der Waals surface area contributed by atoms with E-state index in [2.05, 4.69) is 0 Å². The highest BCUT2D eigenvalue weighted by molar-refractivity contribution is 6.05. The van der Waals surface area contributed by atoms with Crippen LogP contribution in [-0.2, 0) is 11.0 Å². The molecule has 2 aliphatic rings. The van der Waals surface area contributed by atoms with Gasteiger partial charge in [-0.15, -0.1) is 0 Å². The number of hydrogen-bond donors (Lipinski definition) is 1. The zero-order valence-electron chi connectivity index (χ0n) is 13.5. The van der Waals surface area contributed by atoms with Crippen LogP contribution < -0.4 is 20.1 Å². The van der Waals surface area contributed by atoms with Crippen molar-refractivity contribution in [1.29, 1.82) is 0 Å². The van der Waals surface area contributed by atoms with Crippen LogP contribution in [0.2, 0.25) is 0 Å². The van der Waals surface area contributed by atoms with Crippen molar-refractivity contribution in [2.45, 2.75) is 18.3 Å². The van der Waals surface area contributed by atoms with Gasteiger partial charge in [0.2, 0.25) is 5.91 Å². The molecule has 0 spiro atoms. The number of carbonyl (C=O) groups is 1. The van der Waals surface area contributed by atoms with Crippen molar-refractivity contribution in [3.63, 3.8) is 0 Å². The van der Waals surface area contributed by atoms with Crippen LogP contribution in [0, 0.1) is 0 Å². The molecule has 2 atom stereocenters. The summed E-state index contributed by atoms with van der Waals surface area (Å²) in [4.78, 5) is 13.8. The third-order valence-corrected chi connectivity index (χ3v) is 4.52. The van der Waals surface area contributed by atoms with Gasteiger partial charge in [-0.2, -0.15) is 13.2 Å². The molecule has 0 unspecified atom stereocenters. The number of hydrogen-bond acceptors (Lipinski definition) is 4. The SMILES string of the molecule is N[C@@H]1C(=O)N(c2ccc3c(c2)OCCO3)[C@H]1c1ccc(C(F)(F)F)cc1. The Morgan fingerprint density at radius 3 is 2.31 bits per heavy atom. The van der Waals surface area contributed by atoms with Gasteiger partial charge in [-0.05, 0) is 29.8 Å². The molecule has 2 N–H and O–H groups in total. The van der Waals surface area contributed by atoms with E-state index in [1.807, 2.05) is 0 Å². The van der Waals surface area contributed by atoms with Crippen LogP contribution in [0.25, 0.3) is 0 Å². The summed E-state index contributed by atoms with van der Waals surface area (Å²) in [5.41, 5.74) is 6.28. The average molecular weight is 364 g/mol. The van der Waals surface area contributed by atoms with Crippen LogP contribution in [-0.4, -0.2) is 25.2 Å². The summed E-state index contributed by atoms with van der Waals surface area (Å²) in [6, 6.07) is 8.43. The maximum Gasteiger partial charge on any atom is 0.416 e. The fourth-order valence-electron chi connectivity index (χ4n) is 3.21. The molecule has 4 rings (SSSR count). The first-order valence-corrected chi connectivity index (χ1v) is 8.02. The lowest BCUT2D eigenvalue weighted by atomic mass is 9.88. The van der Waals surface area contributed by atoms with Crippen LogP contribution in [0.1, 0.15) is 17.2 Å². The smallest absolute Gasteiger partial charge is 0.416 e. The first kappa shape index (κ1) is 16.7. The van der Waals surface area contributed by atoms with Crippen LogP contribution in [0.15, 0.2) is 42.5 Å². The third-order valence-electron chi connectivity index (χ3n) is 4.52. The molecule has 2 aromatic carbocycles. The fourth-order valence-corrected chi connectivity index (χ4v) is 3.21. The minimum absolute atomic E-state index is 0.299. The second-order valence-corrected chi connectivity index (χ2v) is 6.13. The van der Waals surface area contributed by atoms with Gasteiger partial charge in [-0.3, -0.25) is 4.79 Å². The Balaban J connectivity index is 1.65. The van der Waals surface area contributed by atoms with Gasteiger partial charge < -0.3 is 20.1 Å². The van der Waals surface area contributed by atoms with E-state index >= 15 is 0 Å². The van der Waals surface area contributed by atoms with Crippen molar-refractivity contribution in [1.82, 2.24) is 0 Å². The van der Waals surface area contributed by atoms with Gasteiger partial charge in [0, 0.05) is 11.8 Å². The summed E-state index contributed by atoms with van der Waals surface area (Å²) in [6.45, 7) is 0.861. The normalized spacial score (nSPS) is 22.2. The Hall–Kier alpha value is -2.74. The molecule has 136 valence electrons. The Kier molecular flexibility index (Phi) is 3.80. The standard InChI is InChI=1S/C18H15F3N2O3/c19-18(20,21)11-3-1-10(2-4-11)16-15(22)17(24)23(16)12-5-6-13-14(9-12)26-8-7-25-13/h1-6,9,15-16H,7-8,22H2/t15-,16-/m0/s1. The predicted molar refractivity (Wildman–Crippen MR) is 87.1 cm³/mol. The molecule has 0 bridgehead atoms. The van der Waals surface area contributed by atoms with E-state index in [9.17, 15) is 18.0 Å². The zero-order valence-corrected chi connectivity index (χ0v) is 13.5. The molecule has 2 aliphatic heterocycles. The molecular formula is C18H15F3N2O3. The molecule has 5 nitrogen and oxygen atoms in total. The van der Waals surface area contributed by atoms with Gasteiger partial charge in [0.15, 0.2) is 11.5 Å². The van der Waals surface area contributed by atoms with Crippen LogP contribution >= 0.6 is 0 Å². The summed E-state index contributed by atoms with van der Waals surface area (Å²) in [5, 5.41) is 0. The van der Waals surface area contributed by atoms with Crippen LogP contribution in [0.5, 0.6) is 11.5 Å². The van der Waals surface area contributed by atoms with Gasteiger partial charge in [-0.1, -0.05) is 12.1 Å². The largest absolute Gasteiger partial charge is 0.486 e. The van der Waals surface area contributed by atoms with Gasteiger partial charge in [0.25, 0.3) is 0 Å². The monoisotopic (exact) mass is 364 g/mol. The van der Waals surface area contributed by atoms with Crippen molar-refractivity contribution >= 4 is 11.6 Å². The number of benzene rings is 2. The number of fused-ring (bicyclic) bond motifs is 1. The molecule has 1 saturated heterocycles. The second kappa shape index (κ2) is 5.91. The number of amides is 1. The second-order valence-electron chi connectivity index (χ2n) is 6.13. The van der Waals surface area contributed by atoms with E-state index in [0.717, 1.165) is 12.1 Å². The maximum absolute atomic E-state index is 12.7. The van der Waals surface area contributed by atoms with Crippen LogP contribution in [0.4, 0.5) is 18.9 Å². The number of alkyl halides is 3. The number of β-lactam (4-membered cyclic amide) rings is 1. The van der Waals surface area contributed by atoms with E-state index in [4.69, 9.17) is 15.2 Å². The number of halogens is 3. The molecule has 2 heterocycles. The highest BCUT2D eigenvalue weighted by atomic mass is 19.4. The molecule has 0 radical (unpaired) electrons. The number of nitrogens with zero attached hydrogens (tertiary/aromatic N) is 1. The van der Waals surface area contributed by atoms with Crippen LogP contribution in [0.3, 0.4) is 0 Å². The van der Waals surface area contributed by atoms with Crippen molar-refractivity contribution in [3.8, 4) is 11.5 Å². The number of ether oxygens (including phenoxy) is 2. The number of rotatable bonds is 2. The lowest BCUT2D eigenvalue weighted by molar-refractivity contribution is -0.137. The average Bonchev–Trinajstić information content (AvgIpc) is 2.64. The first-order chi connectivity index (χ1) is 12.4. The fraction of sp³-hybridized carbons (Fsp3) is 0.278. The summed E-state index contributed by atoms with van der Waals surface area (Å²) in [5.74, 6) is 0.808. The summed E-state index contributed by atoms with van der Waals surface area (Å²) in [6.07, 6.45) is -4.41. The van der Waals surface area contributed by atoms with E-state index in [0.29, 0.717) is 36.0 Å². The van der Waals surface area contributed by atoms with Gasteiger partial charge in [0.05, 0.1) is 11.6 Å². The van der Waals surface area contributed by atoms with Crippen molar-refractivity contribution in [2.24, 2.45) is 5.73 Å². The Morgan fingerprint density at radius 2 is 1.65 bits per heavy atom. The Bertz CT molecular complexity index is 852. The quantitative estimate of drug-likeness (QED) is 0.833. The lowest BCUT2D eigenvalue weighted by Gasteiger charge is -2.45. The molecule has 2 aromatic rings. The zero-order chi connectivity index (χ0) is 18.5. The number of nitrogens with two attached hydrogens (primary N) is 1. The summed E-state index contributed by atoms with van der Waals surface area (Å²) >= 11 is 0. The van der Waals surface area contributed by atoms with Crippen molar-refractivity contribution in [2.75, 3.05) is 18.1 Å². The van der Waals surface area contributed by atoms with Gasteiger partial charge >= 0.3 is 6.18 Å². The molecular weight excluding hydrogens is 349 g/mol. The summed E-state index contributed by atoms with van der Waals surface area (Å²) in [7, 11) is 0. The molecule has 0 aliphatic carbocycles. The molecule has 8 heteroatoms. The van der Waals surface area contributed by atoms with Gasteiger partial charge in [-0.25, -0.2) is 0 Å². The topological polar surface area (TPSA) is 64.8 Å². The minimum Gasteiger partial charge on any atom is -0.486 e. The highest BCUT2D eigenvalue weighted by Gasteiger charge is 2.47. The molecule has 0 saturated carbocycles. The van der Waals surface area contributed by atoms with E-state index in [1.54, 1.807) is 18.2 Å². The number of anilines is 1. The molecule has 1 amide bonds. The van der Waals surface area contributed by atoms with Crippen molar-refractivity contribution in [3.05, 3.63) is 53.6 Å².